The molecule has 2 aromatic rings. The Balaban J connectivity index is 1.57. The van der Waals surface area contributed by atoms with E-state index in [1.807, 2.05) is 24.3 Å². The molecular formula is C22H23N3O4. The molecule has 150 valence electrons. The van der Waals surface area contributed by atoms with Gasteiger partial charge in [-0.25, -0.2) is 0 Å². The lowest BCUT2D eigenvalue weighted by molar-refractivity contribution is 0.238. The second kappa shape index (κ2) is 7.94. The van der Waals surface area contributed by atoms with Crippen LogP contribution in [-0.2, 0) is 0 Å². The summed E-state index contributed by atoms with van der Waals surface area (Å²) in [4.78, 5) is 2.39. The van der Waals surface area contributed by atoms with Gasteiger partial charge in [0.05, 0.1) is 5.92 Å². The Morgan fingerprint density at radius 1 is 1.17 bits per heavy atom. The Labute approximate surface area is 169 Å². The summed E-state index contributed by atoms with van der Waals surface area (Å²) in [6.07, 6.45) is 2.51. The van der Waals surface area contributed by atoms with Crippen LogP contribution >= 0.6 is 0 Å². The molecule has 1 fully saturated rings. The summed E-state index contributed by atoms with van der Waals surface area (Å²) in [7, 11) is 0. The predicted molar refractivity (Wildman–Crippen MR) is 107 cm³/mol. The van der Waals surface area contributed by atoms with Crippen molar-refractivity contribution in [3.05, 3.63) is 59.0 Å². The minimum absolute atomic E-state index is 0.0408. The Morgan fingerprint density at radius 3 is 2.59 bits per heavy atom. The predicted octanol–water partition coefficient (Wildman–Crippen LogP) is 2.79. The van der Waals surface area contributed by atoms with Crippen LogP contribution in [0, 0.1) is 11.3 Å². The largest absolute Gasteiger partial charge is 0.508 e. The van der Waals surface area contributed by atoms with Crippen LogP contribution in [0.15, 0.2) is 47.9 Å². The third-order valence-corrected chi connectivity index (χ3v) is 5.38. The Kier molecular flexibility index (Phi) is 5.19. The van der Waals surface area contributed by atoms with Crippen LogP contribution in [0.4, 0.5) is 0 Å². The van der Waals surface area contributed by atoms with Gasteiger partial charge in [-0.3, -0.25) is 4.90 Å². The van der Waals surface area contributed by atoms with E-state index in [9.17, 15) is 15.5 Å². The SMILES string of the molecule is N#CC1=C(N)Oc2cc(O)cc(O)c2C1c1ccc(OCCN2CCCC2)cc1. The zero-order chi connectivity index (χ0) is 20.4. The summed E-state index contributed by atoms with van der Waals surface area (Å²) in [5, 5.41) is 29.8. The minimum atomic E-state index is -0.594. The number of phenols is 2. The highest BCUT2D eigenvalue weighted by Gasteiger charge is 2.33. The normalized spacial score (nSPS) is 18.8. The number of allylic oxidation sites excluding steroid dienone is 1. The van der Waals surface area contributed by atoms with Crippen LogP contribution in [0.1, 0.15) is 29.9 Å². The Hall–Kier alpha value is -3.37. The highest BCUT2D eigenvalue weighted by molar-refractivity contribution is 5.62. The molecule has 1 unspecified atom stereocenters. The maximum absolute atomic E-state index is 10.4. The molecule has 7 nitrogen and oxygen atoms in total. The van der Waals surface area contributed by atoms with Crippen molar-refractivity contribution in [3.8, 4) is 29.1 Å². The summed E-state index contributed by atoms with van der Waals surface area (Å²) in [5.41, 5.74) is 7.30. The molecular weight excluding hydrogens is 370 g/mol. The summed E-state index contributed by atoms with van der Waals surface area (Å²) >= 11 is 0. The Morgan fingerprint density at radius 2 is 1.90 bits per heavy atom. The maximum atomic E-state index is 10.4. The fourth-order valence-electron chi connectivity index (χ4n) is 3.94. The molecule has 2 aromatic carbocycles. The fourth-order valence-corrected chi connectivity index (χ4v) is 3.94. The van der Waals surface area contributed by atoms with Gasteiger partial charge in [-0.1, -0.05) is 12.1 Å². The van der Waals surface area contributed by atoms with Gasteiger partial charge < -0.3 is 25.4 Å². The van der Waals surface area contributed by atoms with E-state index in [4.69, 9.17) is 15.2 Å². The first-order valence-electron chi connectivity index (χ1n) is 9.65. The number of phenolic OH excluding ortho intramolecular Hbond substituents is 2. The van der Waals surface area contributed by atoms with Crippen LogP contribution in [0.2, 0.25) is 0 Å². The number of ether oxygens (including phenoxy) is 2. The number of fused-ring (bicyclic) bond motifs is 1. The zero-order valence-electron chi connectivity index (χ0n) is 16.0. The minimum Gasteiger partial charge on any atom is -0.508 e. The molecule has 7 heteroatoms. The quantitative estimate of drug-likeness (QED) is 0.716. The molecule has 2 heterocycles. The molecule has 29 heavy (non-hydrogen) atoms. The van der Waals surface area contributed by atoms with Crippen LogP contribution in [0.3, 0.4) is 0 Å². The fraction of sp³-hybridized carbons (Fsp3) is 0.318. The maximum Gasteiger partial charge on any atom is 0.205 e. The Bertz CT molecular complexity index is 973. The molecule has 0 radical (unpaired) electrons. The van der Waals surface area contributed by atoms with Crippen molar-refractivity contribution in [1.82, 2.24) is 4.90 Å². The topological polar surface area (TPSA) is 112 Å². The first-order valence-corrected chi connectivity index (χ1v) is 9.65. The molecule has 0 spiro atoms. The van der Waals surface area contributed by atoms with Crippen molar-refractivity contribution in [2.24, 2.45) is 5.73 Å². The molecule has 0 amide bonds. The summed E-state index contributed by atoms with van der Waals surface area (Å²) in [6.45, 7) is 3.80. The standard InChI is InChI=1S/C22H23N3O4/c23-13-17-20(21-18(27)11-15(26)12-19(21)29-22(17)24)14-3-5-16(6-4-14)28-10-9-25-7-1-2-8-25/h3-6,11-12,20,26-27H,1-2,7-10,24H2. The van der Waals surface area contributed by atoms with E-state index in [0.717, 1.165) is 30.9 Å². The van der Waals surface area contributed by atoms with Crippen molar-refractivity contribution >= 4 is 0 Å². The third-order valence-electron chi connectivity index (χ3n) is 5.38. The smallest absolute Gasteiger partial charge is 0.205 e. The lowest BCUT2D eigenvalue weighted by atomic mass is 9.83. The van der Waals surface area contributed by atoms with Gasteiger partial charge in [0.15, 0.2) is 0 Å². The van der Waals surface area contributed by atoms with Crippen molar-refractivity contribution in [2.45, 2.75) is 18.8 Å². The summed E-state index contributed by atoms with van der Waals surface area (Å²) in [5.74, 6) is 0.0376. The molecule has 0 aromatic heterocycles. The molecule has 1 saturated heterocycles. The summed E-state index contributed by atoms with van der Waals surface area (Å²) < 4.78 is 11.3. The molecule has 2 aliphatic rings. The van der Waals surface area contributed by atoms with Gasteiger partial charge in [0.1, 0.15) is 41.2 Å². The lowest BCUT2D eigenvalue weighted by Crippen LogP contribution is -2.25. The molecule has 0 bridgehead atoms. The van der Waals surface area contributed by atoms with E-state index in [1.165, 1.54) is 25.0 Å². The highest BCUT2D eigenvalue weighted by Crippen LogP contribution is 2.48. The van der Waals surface area contributed by atoms with Gasteiger partial charge in [-0.2, -0.15) is 5.26 Å². The van der Waals surface area contributed by atoms with Crippen LogP contribution in [0.25, 0.3) is 0 Å². The molecule has 4 rings (SSSR count). The second-order valence-electron chi connectivity index (χ2n) is 7.27. The van der Waals surface area contributed by atoms with Gasteiger partial charge >= 0.3 is 0 Å². The van der Waals surface area contributed by atoms with Crippen LogP contribution < -0.4 is 15.2 Å². The molecule has 1 atom stereocenters. The molecule has 2 aliphatic heterocycles. The monoisotopic (exact) mass is 393 g/mol. The second-order valence-corrected chi connectivity index (χ2v) is 7.27. The number of nitrogens with two attached hydrogens (primary N) is 1. The third kappa shape index (κ3) is 3.80. The molecule has 0 aliphatic carbocycles. The number of hydrogen-bond donors (Lipinski definition) is 3. The number of likely N-dealkylation sites (tertiary alicyclic amines) is 1. The van der Waals surface area contributed by atoms with Gasteiger partial charge in [0, 0.05) is 24.2 Å². The number of nitrogens with zero attached hydrogens (tertiary/aromatic N) is 2. The number of nitriles is 1. The van der Waals surface area contributed by atoms with Gasteiger partial charge in [-0.05, 0) is 43.6 Å². The average molecular weight is 393 g/mol. The van der Waals surface area contributed by atoms with E-state index in [1.54, 1.807) is 0 Å². The van der Waals surface area contributed by atoms with Gasteiger partial charge in [0.2, 0.25) is 5.88 Å². The van der Waals surface area contributed by atoms with E-state index in [2.05, 4.69) is 11.0 Å². The van der Waals surface area contributed by atoms with Crippen LogP contribution in [-0.4, -0.2) is 41.4 Å². The van der Waals surface area contributed by atoms with E-state index < -0.39 is 5.92 Å². The number of hydrogen-bond acceptors (Lipinski definition) is 7. The highest BCUT2D eigenvalue weighted by atomic mass is 16.5. The van der Waals surface area contributed by atoms with Crippen molar-refractivity contribution in [3.63, 3.8) is 0 Å². The zero-order valence-corrected chi connectivity index (χ0v) is 16.0. The number of aromatic hydroxyl groups is 2. The van der Waals surface area contributed by atoms with Crippen molar-refractivity contribution < 1.29 is 19.7 Å². The number of benzene rings is 2. The summed E-state index contributed by atoms with van der Waals surface area (Å²) in [6, 6.07) is 12.1. The molecule has 0 saturated carbocycles. The lowest BCUT2D eigenvalue weighted by Gasteiger charge is -2.27. The van der Waals surface area contributed by atoms with Gasteiger partial charge in [0.25, 0.3) is 0 Å². The molecule has 4 N–H and O–H groups in total. The van der Waals surface area contributed by atoms with Crippen LogP contribution in [0.5, 0.6) is 23.0 Å². The first-order chi connectivity index (χ1) is 14.1. The van der Waals surface area contributed by atoms with E-state index >= 15 is 0 Å². The first kappa shape index (κ1) is 19.0. The van der Waals surface area contributed by atoms with Gasteiger partial charge in [-0.15, -0.1) is 0 Å². The van der Waals surface area contributed by atoms with Crippen molar-refractivity contribution in [2.75, 3.05) is 26.2 Å². The number of rotatable bonds is 5. The average Bonchev–Trinajstić information content (AvgIpc) is 3.21. The van der Waals surface area contributed by atoms with E-state index in [-0.39, 0.29) is 28.7 Å². The van der Waals surface area contributed by atoms with E-state index in [0.29, 0.717) is 12.2 Å². The van der Waals surface area contributed by atoms with Crippen molar-refractivity contribution in [1.29, 1.82) is 5.26 Å².